The first-order chi connectivity index (χ1) is 12.5. The molecule has 1 amide bonds. The third kappa shape index (κ3) is 2.94. The van der Waals surface area contributed by atoms with Gasteiger partial charge in [-0.15, -0.1) is 0 Å². The second-order valence-electron chi connectivity index (χ2n) is 6.54. The summed E-state index contributed by atoms with van der Waals surface area (Å²) in [5, 5.41) is 2.86. The fourth-order valence-electron chi connectivity index (χ4n) is 3.72. The standard InChI is InChI=1S/C21H23NO4/c1-12-9-14-5-7-17(22-11-23)16-10-18(24)19(25-3)8-6-15(16)20(14)21(26-4)13(12)2/h6,8-11,17H,5,7H2,1-4H3,(H,22,23)/t17-/m0/s1. The van der Waals surface area contributed by atoms with E-state index in [1.165, 1.54) is 7.11 Å². The number of methoxy groups -OCH3 is 2. The summed E-state index contributed by atoms with van der Waals surface area (Å²) in [4.78, 5) is 23.6. The van der Waals surface area contributed by atoms with Crippen LogP contribution in [0, 0.1) is 13.8 Å². The highest BCUT2D eigenvalue weighted by molar-refractivity contribution is 5.80. The third-order valence-corrected chi connectivity index (χ3v) is 5.15. The average molecular weight is 353 g/mol. The molecule has 5 heteroatoms. The van der Waals surface area contributed by atoms with Crippen molar-refractivity contribution >= 4 is 6.41 Å². The van der Waals surface area contributed by atoms with Gasteiger partial charge in [0.2, 0.25) is 11.8 Å². The Bertz CT molecular complexity index is 921. The summed E-state index contributed by atoms with van der Waals surface area (Å²) in [6.07, 6.45) is 2.17. The zero-order valence-electron chi connectivity index (χ0n) is 15.5. The highest BCUT2D eigenvalue weighted by Gasteiger charge is 2.26. The van der Waals surface area contributed by atoms with Gasteiger partial charge in [0.05, 0.1) is 20.3 Å². The van der Waals surface area contributed by atoms with E-state index in [2.05, 4.69) is 18.3 Å². The van der Waals surface area contributed by atoms with Gasteiger partial charge >= 0.3 is 0 Å². The van der Waals surface area contributed by atoms with E-state index in [1.54, 1.807) is 19.2 Å². The van der Waals surface area contributed by atoms with Crippen LogP contribution >= 0.6 is 0 Å². The number of fused-ring (bicyclic) bond motifs is 3. The van der Waals surface area contributed by atoms with Crippen LogP contribution in [0.5, 0.6) is 11.5 Å². The molecule has 0 unspecified atom stereocenters. The minimum absolute atomic E-state index is 0.210. The van der Waals surface area contributed by atoms with Gasteiger partial charge in [-0.1, -0.05) is 12.1 Å². The van der Waals surface area contributed by atoms with Crippen molar-refractivity contribution < 1.29 is 14.3 Å². The maximum atomic E-state index is 12.5. The normalized spacial score (nSPS) is 15.3. The van der Waals surface area contributed by atoms with Crippen LogP contribution in [0.25, 0.3) is 11.1 Å². The molecule has 0 spiro atoms. The molecule has 136 valence electrons. The molecule has 0 aromatic heterocycles. The molecule has 0 fully saturated rings. The van der Waals surface area contributed by atoms with Crippen molar-refractivity contribution in [3.63, 3.8) is 0 Å². The zero-order valence-corrected chi connectivity index (χ0v) is 15.5. The lowest BCUT2D eigenvalue weighted by Gasteiger charge is -2.18. The van der Waals surface area contributed by atoms with Crippen molar-refractivity contribution in [1.29, 1.82) is 0 Å². The molecule has 1 aliphatic carbocycles. The van der Waals surface area contributed by atoms with E-state index in [0.29, 0.717) is 12.8 Å². The van der Waals surface area contributed by atoms with Gasteiger partial charge in [0.1, 0.15) is 5.75 Å². The summed E-state index contributed by atoms with van der Waals surface area (Å²) >= 11 is 0. The Morgan fingerprint density at radius 2 is 1.92 bits per heavy atom. The van der Waals surface area contributed by atoms with E-state index in [9.17, 15) is 9.59 Å². The van der Waals surface area contributed by atoms with Crippen LogP contribution in [-0.2, 0) is 11.2 Å². The van der Waals surface area contributed by atoms with Crippen LogP contribution in [0.15, 0.2) is 29.1 Å². The first kappa shape index (κ1) is 18.0. The molecule has 1 N–H and O–H groups in total. The monoisotopic (exact) mass is 353 g/mol. The number of carbonyl (C=O) groups excluding carboxylic acids is 1. The van der Waals surface area contributed by atoms with Gasteiger partial charge in [0.25, 0.3) is 0 Å². The van der Waals surface area contributed by atoms with E-state index in [4.69, 9.17) is 9.47 Å². The molecule has 1 aliphatic rings. The SMILES string of the molecule is COc1c(C)c(C)cc2c1-c1ccc(OC)c(=O)cc1[C@@H](NC=O)CC2. The molecule has 5 nitrogen and oxygen atoms in total. The Balaban J connectivity index is 2.42. The van der Waals surface area contributed by atoms with Gasteiger partial charge in [-0.25, -0.2) is 0 Å². The highest BCUT2D eigenvalue weighted by atomic mass is 16.5. The lowest BCUT2D eigenvalue weighted by molar-refractivity contribution is -0.110. The molecular formula is C21H23NO4. The molecule has 0 saturated heterocycles. The average Bonchev–Trinajstić information content (AvgIpc) is 2.86. The van der Waals surface area contributed by atoms with Crippen LogP contribution in [0.4, 0.5) is 0 Å². The summed E-state index contributed by atoms with van der Waals surface area (Å²) in [7, 11) is 3.14. The summed E-state index contributed by atoms with van der Waals surface area (Å²) in [6.45, 7) is 4.09. The third-order valence-electron chi connectivity index (χ3n) is 5.15. The summed E-state index contributed by atoms with van der Waals surface area (Å²) in [5.41, 5.74) is 5.82. The van der Waals surface area contributed by atoms with Crippen LogP contribution in [0.2, 0.25) is 0 Å². The number of rotatable bonds is 4. The second-order valence-corrected chi connectivity index (χ2v) is 6.54. The topological polar surface area (TPSA) is 64.6 Å². The van der Waals surface area contributed by atoms with Gasteiger partial charge in [-0.05, 0) is 66.6 Å². The van der Waals surface area contributed by atoms with Gasteiger partial charge in [-0.2, -0.15) is 0 Å². The fraction of sp³-hybridized carbons (Fsp3) is 0.333. The molecule has 0 saturated carbocycles. The van der Waals surface area contributed by atoms with Crippen molar-refractivity contribution in [2.24, 2.45) is 0 Å². The van der Waals surface area contributed by atoms with Crippen molar-refractivity contribution in [3.05, 3.63) is 56.7 Å². The van der Waals surface area contributed by atoms with Crippen molar-refractivity contribution in [2.75, 3.05) is 14.2 Å². The predicted molar refractivity (Wildman–Crippen MR) is 101 cm³/mol. The fourth-order valence-corrected chi connectivity index (χ4v) is 3.72. The molecule has 2 aromatic carbocycles. The Morgan fingerprint density at radius 1 is 1.15 bits per heavy atom. The molecule has 0 aliphatic heterocycles. The number of hydrogen-bond donors (Lipinski definition) is 1. The second kappa shape index (κ2) is 7.20. The maximum Gasteiger partial charge on any atom is 0.220 e. The number of benzene rings is 1. The van der Waals surface area contributed by atoms with Gasteiger partial charge in [-0.3, -0.25) is 9.59 Å². The molecule has 0 bridgehead atoms. The highest BCUT2D eigenvalue weighted by Crippen LogP contribution is 2.44. The Kier molecular flexibility index (Phi) is 4.98. The maximum absolute atomic E-state index is 12.5. The minimum Gasteiger partial charge on any atom is -0.496 e. The quantitative estimate of drug-likeness (QED) is 0.858. The minimum atomic E-state index is -0.245. The van der Waals surface area contributed by atoms with Crippen LogP contribution in [0.1, 0.15) is 34.7 Å². The van der Waals surface area contributed by atoms with Gasteiger partial charge < -0.3 is 14.8 Å². The van der Waals surface area contributed by atoms with Gasteiger partial charge in [0, 0.05) is 5.56 Å². The number of hydrogen-bond acceptors (Lipinski definition) is 4. The molecule has 1 atom stereocenters. The van der Waals surface area contributed by atoms with E-state index >= 15 is 0 Å². The Labute approximate surface area is 153 Å². The lowest BCUT2D eigenvalue weighted by Crippen LogP contribution is -2.20. The van der Waals surface area contributed by atoms with E-state index in [-0.39, 0.29) is 17.2 Å². The largest absolute Gasteiger partial charge is 0.496 e. The number of carbonyl (C=O) groups is 1. The van der Waals surface area contributed by atoms with E-state index < -0.39 is 0 Å². The lowest BCUT2D eigenvalue weighted by atomic mass is 9.92. The van der Waals surface area contributed by atoms with E-state index in [1.807, 2.05) is 13.0 Å². The molecule has 3 rings (SSSR count). The molecule has 2 aromatic rings. The summed E-state index contributed by atoms with van der Waals surface area (Å²) in [6, 6.07) is 7.06. The molecule has 0 heterocycles. The number of amides is 1. The zero-order chi connectivity index (χ0) is 18.8. The van der Waals surface area contributed by atoms with Crippen molar-refractivity contribution in [2.45, 2.75) is 32.7 Å². The molecule has 26 heavy (non-hydrogen) atoms. The first-order valence-electron chi connectivity index (χ1n) is 8.61. The Hall–Kier alpha value is -2.82. The van der Waals surface area contributed by atoms with Crippen molar-refractivity contribution in [3.8, 4) is 22.6 Å². The molecular weight excluding hydrogens is 330 g/mol. The molecule has 0 radical (unpaired) electrons. The van der Waals surface area contributed by atoms with Crippen molar-refractivity contribution in [1.82, 2.24) is 5.32 Å². The summed E-state index contributed by atoms with van der Waals surface area (Å²) < 4.78 is 11.0. The number of nitrogens with one attached hydrogen (secondary N) is 1. The van der Waals surface area contributed by atoms with E-state index in [0.717, 1.165) is 45.6 Å². The number of aryl methyl sites for hydroxylation is 2. The van der Waals surface area contributed by atoms with Crippen LogP contribution in [0.3, 0.4) is 0 Å². The predicted octanol–water partition coefficient (Wildman–Crippen LogP) is 3.08. The first-order valence-corrected chi connectivity index (χ1v) is 8.61. The Morgan fingerprint density at radius 3 is 2.58 bits per heavy atom. The van der Waals surface area contributed by atoms with Gasteiger partial charge in [0.15, 0.2) is 5.75 Å². The smallest absolute Gasteiger partial charge is 0.220 e. The van der Waals surface area contributed by atoms with Crippen LogP contribution < -0.4 is 20.2 Å². The summed E-state index contributed by atoms with van der Waals surface area (Å²) in [5.74, 6) is 1.08. The number of ether oxygens (including phenoxy) is 2. The van der Waals surface area contributed by atoms with Crippen LogP contribution in [-0.4, -0.2) is 20.6 Å².